The van der Waals surface area contributed by atoms with Crippen LogP contribution in [0.1, 0.15) is 26.2 Å². The second-order valence-corrected chi connectivity index (χ2v) is 4.60. The number of hydrogen-bond acceptors (Lipinski definition) is 3. The minimum Gasteiger partial charge on any atom is -0.396 e. The average Bonchev–Trinajstić information content (AvgIpc) is 2.65. The molecule has 1 amide bonds. The summed E-state index contributed by atoms with van der Waals surface area (Å²) in [6.07, 6.45) is 3.53. The van der Waals surface area contributed by atoms with Gasteiger partial charge < -0.3 is 16.2 Å². The topological polar surface area (TPSA) is 75.3 Å². The quantitative estimate of drug-likeness (QED) is 0.587. The van der Waals surface area contributed by atoms with E-state index in [1.165, 1.54) is 12.8 Å². The molecule has 0 radical (unpaired) electrons. The molecule has 0 aromatic heterocycles. The number of carbonyl (C=O) groups is 1. The molecule has 4 nitrogen and oxygen atoms in total. The number of nitrogens with one attached hydrogen (secondary N) is 1. The van der Waals surface area contributed by atoms with Crippen molar-refractivity contribution in [2.24, 2.45) is 23.5 Å². The van der Waals surface area contributed by atoms with Crippen LogP contribution in [-0.4, -0.2) is 30.7 Å². The Hall–Kier alpha value is -0.610. The highest BCUT2D eigenvalue weighted by Gasteiger charge is 2.26. The van der Waals surface area contributed by atoms with E-state index in [0.717, 1.165) is 13.0 Å². The second-order valence-electron chi connectivity index (χ2n) is 4.60. The minimum atomic E-state index is -0.257. The first kappa shape index (κ1) is 12.5. The van der Waals surface area contributed by atoms with Crippen LogP contribution in [0.15, 0.2) is 0 Å². The number of aliphatic hydroxyl groups is 1. The van der Waals surface area contributed by atoms with E-state index in [4.69, 9.17) is 10.8 Å². The maximum absolute atomic E-state index is 10.8. The van der Waals surface area contributed by atoms with Crippen LogP contribution < -0.4 is 11.1 Å². The molecule has 1 saturated carbocycles. The summed E-state index contributed by atoms with van der Waals surface area (Å²) in [5, 5.41) is 12.4. The summed E-state index contributed by atoms with van der Waals surface area (Å²) in [4.78, 5) is 10.8. The van der Waals surface area contributed by atoms with Gasteiger partial charge in [0.2, 0.25) is 5.91 Å². The van der Waals surface area contributed by atoms with Gasteiger partial charge in [0.25, 0.3) is 0 Å². The third-order valence-electron chi connectivity index (χ3n) is 3.39. The molecule has 3 atom stereocenters. The zero-order valence-corrected chi connectivity index (χ0v) is 9.41. The molecule has 1 fully saturated rings. The lowest BCUT2D eigenvalue weighted by Gasteiger charge is -2.18. The van der Waals surface area contributed by atoms with E-state index in [-0.39, 0.29) is 18.4 Å². The average molecular weight is 214 g/mol. The van der Waals surface area contributed by atoms with Gasteiger partial charge in [-0.1, -0.05) is 13.3 Å². The maximum Gasteiger partial charge on any atom is 0.221 e. The van der Waals surface area contributed by atoms with Gasteiger partial charge in [0, 0.05) is 19.1 Å². The Morgan fingerprint density at radius 1 is 1.53 bits per heavy atom. The molecule has 0 heterocycles. The van der Waals surface area contributed by atoms with E-state index in [1.807, 2.05) is 6.92 Å². The molecular weight excluding hydrogens is 192 g/mol. The summed E-state index contributed by atoms with van der Waals surface area (Å²) in [5.74, 6) is 0.642. The molecule has 3 unspecified atom stereocenters. The zero-order chi connectivity index (χ0) is 11.3. The predicted octanol–water partition coefficient (Wildman–Crippen LogP) is 0.106. The third-order valence-corrected chi connectivity index (χ3v) is 3.39. The summed E-state index contributed by atoms with van der Waals surface area (Å²) in [6.45, 7) is 3.65. The number of hydrogen-bond donors (Lipinski definition) is 3. The van der Waals surface area contributed by atoms with Crippen LogP contribution in [0.4, 0.5) is 0 Å². The van der Waals surface area contributed by atoms with Gasteiger partial charge in [-0.3, -0.25) is 4.79 Å². The Morgan fingerprint density at radius 2 is 2.20 bits per heavy atom. The smallest absolute Gasteiger partial charge is 0.221 e. The molecule has 0 saturated heterocycles. The van der Waals surface area contributed by atoms with E-state index in [1.54, 1.807) is 0 Å². The van der Waals surface area contributed by atoms with Crippen molar-refractivity contribution in [3.63, 3.8) is 0 Å². The Morgan fingerprint density at radius 3 is 2.80 bits per heavy atom. The predicted molar refractivity (Wildman–Crippen MR) is 59.1 cm³/mol. The largest absolute Gasteiger partial charge is 0.396 e. The van der Waals surface area contributed by atoms with E-state index in [0.29, 0.717) is 18.4 Å². The number of rotatable bonds is 6. The monoisotopic (exact) mass is 214 g/mol. The Labute approximate surface area is 91.2 Å². The third kappa shape index (κ3) is 3.80. The lowest BCUT2D eigenvalue weighted by Crippen LogP contribution is -2.34. The van der Waals surface area contributed by atoms with Crippen molar-refractivity contribution in [2.75, 3.05) is 19.7 Å². The van der Waals surface area contributed by atoms with Crippen LogP contribution in [0.2, 0.25) is 0 Å². The fourth-order valence-corrected chi connectivity index (χ4v) is 2.21. The fourth-order valence-electron chi connectivity index (χ4n) is 2.21. The zero-order valence-electron chi connectivity index (χ0n) is 9.41. The molecule has 0 aromatic rings. The summed E-state index contributed by atoms with van der Waals surface area (Å²) in [7, 11) is 0. The number of aliphatic hydroxyl groups excluding tert-OH is 1. The molecule has 1 aliphatic rings. The van der Waals surface area contributed by atoms with Crippen molar-refractivity contribution in [2.45, 2.75) is 26.2 Å². The maximum atomic E-state index is 10.8. The summed E-state index contributed by atoms with van der Waals surface area (Å²) in [6, 6.07) is 0. The Bertz CT molecular complexity index is 209. The van der Waals surface area contributed by atoms with Gasteiger partial charge in [-0.05, 0) is 31.2 Å². The van der Waals surface area contributed by atoms with E-state index < -0.39 is 0 Å². The lowest BCUT2D eigenvalue weighted by atomic mass is 9.97. The fraction of sp³-hybridized carbons (Fsp3) is 0.909. The highest BCUT2D eigenvalue weighted by atomic mass is 16.3. The molecule has 1 rings (SSSR count). The van der Waals surface area contributed by atoms with Crippen LogP contribution in [0, 0.1) is 17.8 Å². The van der Waals surface area contributed by atoms with Crippen molar-refractivity contribution in [1.82, 2.24) is 5.32 Å². The molecule has 15 heavy (non-hydrogen) atoms. The Balaban J connectivity index is 2.17. The highest BCUT2D eigenvalue weighted by molar-refractivity contribution is 5.76. The van der Waals surface area contributed by atoms with Crippen LogP contribution >= 0.6 is 0 Å². The number of amides is 1. The molecule has 1 aliphatic carbocycles. The number of carbonyl (C=O) groups excluding carboxylic acids is 1. The van der Waals surface area contributed by atoms with Gasteiger partial charge in [-0.15, -0.1) is 0 Å². The molecule has 0 aromatic carbocycles. The Kier molecular flexibility index (Phi) is 5.05. The van der Waals surface area contributed by atoms with E-state index in [2.05, 4.69) is 5.32 Å². The van der Waals surface area contributed by atoms with Gasteiger partial charge in [-0.25, -0.2) is 0 Å². The van der Waals surface area contributed by atoms with E-state index in [9.17, 15) is 4.79 Å². The molecule has 4 heteroatoms. The molecule has 4 N–H and O–H groups in total. The van der Waals surface area contributed by atoms with Crippen molar-refractivity contribution in [3.8, 4) is 0 Å². The lowest BCUT2D eigenvalue weighted by molar-refractivity contribution is -0.121. The van der Waals surface area contributed by atoms with Gasteiger partial charge in [0.15, 0.2) is 0 Å². The number of primary amides is 1. The molecule has 88 valence electrons. The molecular formula is C11H22N2O2. The van der Waals surface area contributed by atoms with Gasteiger partial charge in [-0.2, -0.15) is 0 Å². The number of nitrogens with two attached hydrogens (primary N) is 1. The highest BCUT2D eigenvalue weighted by Crippen LogP contribution is 2.30. The van der Waals surface area contributed by atoms with Crippen LogP contribution in [-0.2, 0) is 4.79 Å². The molecule has 0 bridgehead atoms. The molecule has 0 aliphatic heterocycles. The first-order valence-corrected chi connectivity index (χ1v) is 5.76. The first-order valence-electron chi connectivity index (χ1n) is 5.76. The van der Waals surface area contributed by atoms with Crippen molar-refractivity contribution < 1.29 is 9.90 Å². The normalized spacial score (nSPS) is 27.9. The van der Waals surface area contributed by atoms with Crippen LogP contribution in [0.25, 0.3) is 0 Å². The van der Waals surface area contributed by atoms with E-state index >= 15 is 0 Å². The molecule has 0 spiro atoms. The minimum absolute atomic E-state index is 0.112. The summed E-state index contributed by atoms with van der Waals surface area (Å²) >= 11 is 0. The van der Waals surface area contributed by atoms with Gasteiger partial charge in [0.05, 0.1) is 0 Å². The summed E-state index contributed by atoms with van der Waals surface area (Å²) < 4.78 is 0. The van der Waals surface area contributed by atoms with Gasteiger partial charge >= 0.3 is 0 Å². The van der Waals surface area contributed by atoms with Crippen molar-refractivity contribution >= 4 is 5.91 Å². The first-order chi connectivity index (χ1) is 7.15. The second kappa shape index (κ2) is 6.08. The SMILES string of the molecule is CC(CNCC1CCCC1CO)C(N)=O. The summed E-state index contributed by atoms with van der Waals surface area (Å²) in [5.41, 5.74) is 5.16. The van der Waals surface area contributed by atoms with Crippen molar-refractivity contribution in [1.29, 1.82) is 0 Å². The van der Waals surface area contributed by atoms with Gasteiger partial charge in [0.1, 0.15) is 0 Å². The van der Waals surface area contributed by atoms with Crippen LogP contribution in [0.5, 0.6) is 0 Å². The standard InChI is InChI=1S/C11H22N2O2/c1-8(11(12)15)5-13-6-9-3-2-4-10(9)7-14/h8-10,13-14H,2-7H2,1H3,(H2,12,15). The van der Waals surface area contributed by atoms with Crippen LogP contribution in [0.3, 0.4) is 0 Å². The van der Waals surface area contributed by atoms with Crippen molar-refractivity contribution in [3.05, 3.63) is 0 Å².